The van der Waals surface area contributed by atoms with Crippen LogP contribution in [0.4, 0.5) is 4.39 Å². The van der Waals surface area contributed by atoms with Crippen molar-refractivity contribution in [2.24, 2.45) is 0 Å². The van der Waals surface area contributed by atoms with Crippen LogP contribution in [0.3, 0.4) is 0 Å². The highest BCUT2D eigenvalue weighted by atomic mass is 35.5. The largest absolute Gasteiger partial charge is 0.467 e. The van der Waals surface area contributed by atoms with Crippen molar-refractivity contribution in [3.05, 3.63) is 104 Å². The number of ketones is 1. The van der Waals surface area contributed by atoms with Gasteiger partial charge in [0.1, 0.15) is 5.82 Å². The van der Waals surface area contributed by atoms with Crippen LogP contribution in [-0.2, 0) is 24.7 Å². The molecule has 1 unspecified atom stereocenters. The molecule has 3 atom stereocenters. The van der Waals surface area contributed by atoms with Crippen LogP contribution in [0.15, 0.2) is 60.7 Å². The van der Waals surface area contributed by atoms with E-state index in [1.54, 1.807) is 48.5 Å². The molecular weight excluding hydrogens is 548 g/mol. The molecule has 2 aliphatic heterocycles. The number of hydrogen-bond acceptors (Lipinski definition) is 6. The summed E-state index contributed by atoms with van der Waals surface area (Å²) in [6.07, 6.45) is -0.0683. The Morgan fingerprint density at radius 2 is 1.72 bits per heavy atom. The Morgan fingerprint density at radius 1 is 1.08 bits per heavy atom. The standard InChI is InChI=1S/C29H24Cl2FNO6/c1-16(34)18-13-23-25(24(32)14-18)29(39-22-11-12-38-15-22,19-5-9-21(31)10-6-19)33(27(23)35)26(28(36)37-2)17-3-7-20(30)8-4-17/h3-10,13-14,22,26H,11-12,15H2,1-2H3/t22-,26?,29+/m0/s1. The Morgan fingerprint density at radius 3 is 2.28 bits per heavy atom. The monoisotopic (exact) mass is 571 g/mol. The first-order valence-corrected chi connectivity index (χ1v) is 13.0. The summed E-state index contributed by atoms with van der Waals surface area (Å²) in [5.41, 5.74) is -1.43. The van der Waals surface area contributed by atoms with Crippen LogP contribution in [0, 0.1) is 5.82 Å². The number of nitrogens with zero attached hydrogens (tertiary/aromatic N) is 1. The summed E-state index contributed by atoms with van der Waals surface area (Å²) in [6, 6.07) is 13.8. The Labute approximate surface area is 234 Å². The topological polar surface area (TPSA) is 82.1 Å². The Kier molecular flexibility index (Phi) is 7.48. The van der Waals surface area contributed by atoms with Gasteiger partial charge in [-0.15, -0.1) is 0 Å². The zero-order valence-electron chi connectivity index (χ0n) is 21.1. The molecule has 5 rings (SSSR count). The fraction of sp³-hybridized carbons (Fsp3) is 0.276. The lowest BCUT2D eigenvalue weighted by atomic mass is 9.90. The second kappa shape index (κ2) is 10.7. The number of esters is 1. The van der Waals surface area contributed by atoms with Crippen molar-refractivity contribution >= 4 is 40.9 Å². The van der Waals surface area contributed by atoms with Gasteiger partial charge in [0.25, 0.3) is 5.91 Å². The van der Waals surface area contributed by atoms with Crippen molar-refractivity contribution in [3.63, 3.8) is 0 Å². The van der Waals surface area contributed by atoms with E-state index in [1.165, 1.54) is 25.0 Å². The number of amides is 1. The van der Waals surface area contributed by atoms with Crippen LogP contribution >= 0.6 is 23.2 Å². The summed E-state index contributed by atoms with van der Waals surface area (Å²) >= 11 is 12.3. The van der Waals surface area contributed by atoms with E-state index < -0.39 is 41.3 Å². The second-order valence-electron chi connectivity index (χ2n) is 9.34. The number of rotatable bonds is 7. The number of Topliss-reactive ketones (excluding diaryl/α,β-unsaturated/α-hetero) is 1. The summed E-state index contributed by atoms with van der Waals surface area (Å²) in [5.74, 6) is -2.75. The Bertz CT molecular complexity index is 1440. The first kappa shape index (κ1) is 27.3. The quantitative estimate of drug-likeness (QED) is 0.267. The number of carbonyl (C=O) groups is 3. The maximum atomic E-state index is 16.2. The average Bonchev–Trinajstić information content (AvgIpc) is 3.51. The highest BCUT2D eigenvalue weighted by molar-refractivity contribution is 6.30. The second-order valence-corrected chi connectivity index (χ2v) is 10.2. The van der Waals surface area contributed by atoms with E-state index in [1.807, 2.05) is 0 Å². The SMILES string of the molecule is COC(=O)C(c1ccc(Cl)cc1)N1C(=O)c2cc(C(C)=O)cc(F)c2[C@]1(O[C@H]1CCOC1)c1ccc(Cl)cc1. The van der Waals surface area contributed by atoms with Crippen LogP contribution in [0.5, 0.6) is 0 Å². The van der Waals surface area contributed by atoms with E-state index in [0.717, 1.165) is 6.07 Å². The summed E-state index contributed by atoms with van der Waals surface area (Å²) < 4.78 is 33.6. The average molecular weight is 572 g/mol. The molecule has 1 saturated heterocycles. The van der Waals surface area contributed by atoms with Gasteiger partial charge in [0.2, 0.25) is 5.72 Å². The molecule has 0 spiro atoms. The van der Waals surface area contributed by atoms with Gasteiger partial charge in [-0.05, 0) is 55.3 Å². The van der Waals surface area contributed by atoms with Gasteiger partial charge in [0.15, 0.2) is 11.8 Å². The third-order valence-electron chi connectivity index (χ3n) is 6.95. The zero-order chi connectivity index (χ0) is 27.9. The molecule has 0 radical (unpaired) electrons. The molecule has 0 bridgehead atoms. The summed E-state index contributed by atoms with van der Waals surface area (Å²) in [5, 5.41) is 0.822. The fourth-order valence-corrected chi connectivity index (χ4v) is 5.40. The minimum absolute atomic E-state index is 0.0109. The molecule has 1 amide bonds. The van der Waals surface area contributed by atoms with Crippen LogP contribution in [0.25, 0.3) is 0 Å². The van der Waals surface area contributed by atoms with Gasteiger partial charge in [-0.1, -0.05) is 47.5 Å². The third kappa shape index (κ3) is 4.72. The van der Waals surface area contributed by atoms with Gasteiger partial charge in [-0.3, -0.25) is 14.5 Å². The van der Waals surface area contributed by atoms with Crippen LogP contribution < -0.4 is 0 Å². The van der Waals surface area contributed by atoms with E-state index in [4.69, 9.17) is 37.4 Å². The summed E-state index contributed by atoms with van der Waals surface area (Å²) in [4.78, 5) is 41.2. The van der Waals surface area contributed by atoms with Crippen molar-refractivity contribution in [2.45, 2.75) is 31.2 Å². The highest BCUT2D eigenvalue weighted by Crippen LogP contribution is 2.52. The smallest absolute Gasteiger partial charge is 0.333 e. The molecule has 1 fully saturated rings. The Hall–Kier alpha value is -3.30. The van der Waals surface area contributed by atoms with Crippen LogP contribution in [-0.4, -0.2) is 49.0 Å². The molecule has 0 aromatic heterocycles. The number of methoxy groups -OCH3 is 1. The van der Waals surface area contributed by atoms with Crippen molar-refractivity contribution in [1.29, 1.82) is 0 Å². The normalized spacial score (nSPS) is 21.1. The molecule has 0 aliphatic carbocycles. The van der Waals surface area contributed by atoms with E-state index in [0.29, 0.717) is 34.2 Å². The number of carbonyl (C=O) groups excluding carboxylic acids is 3. The highest BCUT2D eigenvalue weighted by Gasteiger charge is 2.59. The van der Waals surface area contributed by atoms with E-state index in [2.05, 4.69) is 0 Å². The van der Waals surface area contributed by atoms with Crippen molar-refractivity contribution in [3.8, 4) is 0 Å². The minimum Gasteiger partial charge on any atom is -0.467 e. The molecule has 202 valence electrons. The number of ether oxygens (including phenoxy) is 3. The fourth-order valence-electron chi connectivity index (χ4n) is 5.15. The predicted octanol–water partition coefficient (Wildman–Crippen LogP) is 5.71. The molecule has 2 aliphatic rings. The van der Waals surface area contributed by atoms with E-state index in [-0.39, 0.29) is 23.3 Å². The van der Waals surface area contributed by atoms with Crippen LogP contribution in [0.2, 0.25) is 10.0 Å². The van der Waals surface area contributed by atoms with Gasteiger partial charge < -0.3 is 14.2 Å². The van der Waals surface area contributed by atoms with Gasteiger partial charge >= 0.3 is 5.97 Å². The molecule has 0 N–H and O–H groups in total. The third-order valence-corrected chi connectivity index (χ3v) is 7.46. The molecule has 2 heterocycles. The molecule has 10 heteroatoms. The summed E-state index contributed by atoms with van der Waals surface area (Å²) in [6.45, 7) is 1.89. The molecule has 7 nitrogen and oxygen atoms in total. The maximum Gasteiger partial charge on any atom is 0.333 e. The molecule has 3 aromatic carbocycles. The zero-order valence-corrected chi connectivity index (χ0v) is 22.6. The van der Waals surface area contributed by atoms with E-state index in [9.17, 15) is 14.4 Å². The van der Waals surface area contributed by atoms with Crippen LogP contribution in [0.1, 0.15) is 56.8 Å². The first-order valence-electron chi connectivity index (χ1n) is 12.2. The van der Waals surface area contributed by atoms with Crippen molar-refractivity contribution in [1.82, 2.24) is 4.90 Å². The lowest BCUT2D eigenvalue weighted by Gasteiger charge is -2.44. The number of benzene rings is 3. The number of halogens is 3. The first-order chi connectivity index (χ1) is 18.7. The minimum atomic E-state index is -1.94. The summed E-state index contributed by atoms with van der Waals surface area (Å²) in [7, 11) is 1.20. The molecular formula is C29H24Cl2FNO6. The molecule has 3 aromatic rings. The number of fused-ring (bicyclic) bond motifs is 1. The van der Waals surface area contributed by atoms with Gasteiger partial charge in [-0.25, -0.2) is 9.18 Å². The van der Waals surface area contributed by atoms with E-state index >= 15 is 4.39 Å². The van der Waals surface area contributed by atoms with Crippen molar-refractivity contribution < 1.29 is 33.0 Å². The predicted molar refractivity (Wildman–Crippen MR) is 141 cm³/mol. The maximum absolute atomic E-state index is 16.2. The Balaban J connectivity index is 1.86. The molecule has 0 saturated carbocycles. The lowest BCUT2D eigenvalue weighted by Crippen LogP contribution is -2.52. The number of hydrogen-bond donors (Lipinski definition) is 0. The lowest BCUT2D eigenvalue weighted by molar-refractivity contribution is -0.175. The van der Waals surface area contributed by atoms with Gasteiger partial charge in [0, 0.05) is 27.8 Å². The van der Waals surface area contributed by atoms with Crippen molar-refractivity contribution in [2.75, 3.05) is 20.3 Å². The molecule has 39 heavy (non-hydrogen) atoms. The van der Waals surface area contributed by atoms with Gasteiger partial charge in [-0.2, -0.15) is 0 Å². The van der Waals surface area contributed by atoms with Gasteiger partial charge in [0.05, 0.1) is 30.9 Å².